The summed E-state index contributed by atoms with van der Waals surface area (Å²) in [6, 6.07) is 9.72. The van der Waals surface area contributed by atoms with Crippen LogP contribution in [-0.4, -0.2) is 46.0 Å². The third-order valence-corrected chi connectivity index (χ3v) is 4.96. The van der Waals surface area contributed by atoms with Gasteiger partial charge in [-0.1, -0.05) is 42.1 Å². The van der Waals surface area contributed by atoms with Crippen molar-refractivity contribution < 1.29 is 9.59 Å². The van der Waals surface area contributed by atoms with Gasteiger partial charge in [0.05, 0.1) is 6.54 Å². The summed E-state index contributed by atoms with van der Waals surface area (Å²) in [5.74, 6) is -0.406. The molecule has 0 aliphatic rings. The molecule has 150 valence electrons. The van der Waals surface area contributed by atoms with E-state index in [1.165, 1.54) is 11.8 Å². The molecule has 0 saturated heterocycles. The molecule has 1 aromatic heterocycles. The fourth-order valence-electron chi connectivity index (χ4n) is 2.77. The number of rotatable bonds is 9. The second-order valence-electron chi connectivity index (χ2n) is 6.31. The number of nitrogens with zero attached hydrogens (tertiary/aromatic N) is 2. The lowest BCUT2D eigenvalue weighted by Gasteiger charge is -2.21. The quantitative estimate of drug-likeness (QED) is 0.493. The summed E-state index contributed by atoms with van der Waals surface area (Å²) < 4.78 is 0. The number of hydrogen-bond acceptors (Lipinski definition) is 5. The lowest BCUT2D eigenvalue weighted by atomic mass is 10.1. The molecule has 28 heavy (non-hydrogen) atoms. The summed E-state index contributed by atoms with van der Waals surface area (Å²) >= 11 is 1.36. The van der Waals surface area contributed by atoms with Crippen molar-refractivity contribution >= 4 is 23.6 Å². The van der Waals surface area contributed by atoms with Crippen molar-refractivity contribution in [3.05, 3.63) is 57.5 Å². The van der Waals surface area contributed by atoms with E-state index in [-0.39, 0.29) is 36.8 Å². The summed E-state index contributed by atoms with van der Waals surface area (Å²) in [5, 5.41) is 3.20. The lowest BCUT2D eigenvalue weighted by molar-refractivity contribution is -0.133. The second-order valence-corrected chi connectivity index (χ2v) is 7.10. The molecule has 0 fully saturated rings. The number of nitrogens with one attached hydrogen (secondary N) is 2. The number of hydrogen-bond donors (Lipinski definition) is 2. The number of thioether (sulfide) groups is 1. The van der Waals surface area contributed by atoms with Crippen molar-refractivity contribution in [3.8, 4) is 0 Å². The predicted molar refractivity (Wildman–Crippen MR) is 110 cm³/mol. The molecule has 0 saturated carbocycles. The summed E-state index contributed by atoms with van der Waals surface area (Å²) in [6.45, 7) is 4.68. The molecule has 2 rings (SSSR count). The predicted octanol–water partition coefficient (Wildman–Crippen LogP) is 1.90. The first kappa shape index (κ1) is 21.7. The van der Waals surface area contributed by atoms with Crippen LogP contribution in [0.4, 0.5) is 0 Å². The van der Waals surface area contributed by atoms with Gasteiger partial charge in [-0.25, -0.2) is 4.98 Å². The van der Waals surface area contributed by atoms with Gasteiger partial charge in [-0.2, -0.15) is 0 Å². The largest absolute Gasteiger partial charge is 0.347 e. The maximum atomic E-state index is 12.4. The van der Waals surface area contributed by atoms with Crippen LogP contribution in [0.3, 0.4) is 0 Å². The molecule has 0 bridgehead atoms. The minimum Gasteiger partial charge on any atom is -0.347 e. The molecule has 0 atom stereocenters. The number of benzene rings is 1. The van der Waals surface area contributed by atoms with Crippen LogP contribution >= 0.6 is 11.8 Å². The van der Waals surface area contributed by atoms with Crippen LogP contribution in [0.2, 0.25) is 0 Å². The van der Waals surface area contributed by atoms with Gasteiger partial charge in [0.15, 0.2) is 5.16 Å². The molecule has 0 spiro atoms. The average Bonchev–Trinajstić information content (AvgIpc) is 2.70. The summed E-state index contributed by atoms with van der Waals surface area (Å²) in [4.78, 5) is 45.3. The number of amides is 2. The fraction of sp³-hybridized carbons (Fsp3) is 0.400. The molecule has 8 heteroatoms. The molecule has 2 aromatic rings. The van der Waals surface area contributed by atoms with Gasteiger partial charge in [0.25, 0.3) is 5.56 Å². The highest BCUT2D eigenvalue weighted by atomic mass is 32.2. The molecule has 2 N–H and O–H groups in total. The highest BCUT2D eigenvalue weighted by Crippen LogP contribution is 2.09. The van der Waals surface area contributed by atoms with Crippen LogP contribution in [-0.2, 0) is 22.6 Å². The Morgan fingerprint density at radius 1 is 1.25 bits per heavy atom. The smallest absolute Gasteiger partial charge is 0.254 e. The van der Waals surface area contributed by atoms with Gasteiger partial charge in [-0.05, 0) is 32.1 Å². The second kappa shape index (κ2) is 10.7. The van der Waals surface area contributed by atoms with Crippen LogP contribution < -0.4 is 10.9 Å². The Morgan fingerprint density at radius 3 is 2.57 bits per heavy atom. The van der Waals surface area contributed by atoms with E-state index in [1.54, 1.807) is 11.8 Å². The minimum atomic E-state index is -0.267. The van der Waals surface area contributed by atoms with Gasteiger partial charge < -0.3 is 15.2 Å². The molecule has 0 aliphatic heterocycles. The topological polar surface area (TPSA) is 95.2 Å². The maximum Gasteiger partial charge on any atom is 0.254 e. The Kier molecular flexibility index (Phi) is 8.25. The van der Waals surface area contributed by atoms with Gasteiger partial charge in [0.1, 0.15) is 0 Å². The van der Waals surface area contributed by atoms with Crippen LogP contribution in [0.25, 0.3) is 0 Å². The number of aromatic nitrogens is 2. The molecule has 0 aliphatic carbocycles. The number of likely N-dealkylation sites (N-methyl/N-ethyl adjacent to an activating group) is 1. The molecular formula is C20H26N4O3S. The van der Waals surface area contributed by atoms with Crippen molar-refractivity contribution in [3.63, 3.8) is 0 Å². The van der Waals surface area contributed by atoms with E-state index in [0.717, 1.165) is 5.56 Å². The molecule has 2 amide bonds. The van der Waals surface area contributed by atoms with E-state index in [2.05, 4.69) is 15.3 Å². The molecule has 7 nitrogen and oxygen atoms in total. The summed E-state index contributed by atoms with van der Waals surface area (Å²) in [5.41, 5.74) is 1.94. The maximum absolute atomic E-state index is 12.4. The zero-order valence-electron chi connectivity index (χ0n) is 16.4. The van der Waals surface area contributed by atoms with Crippen LogP contribution in [0.5, 0.6) is 0 Å². The molecule has 0 radical (unpaired) electrons. The van der Waals surface area contributed by atoms with E-state index in [1.807, 2.05) is 43.5 Å². The Labute approximate surface area is 168 Å². The van der Waals surface area contributed by atoms with E-state index in [4.69, 9.17) is 0 Å². The number of aryl methyl sites for hydroxylation is 1. The van der Waals surface area contributed by atoms with Crippen LogP contribution in [0.1, 0.15) is 30.2 Å². The first-order chi connectivity index (χ1) is 13.4. The first-order valence-corrected chi connectivity index (χ1v) is 10.4. The van der Waals surface area contributed by atoms with Crippen molar-refractivity contribution in [1.29, 1.82) is 0 Å². The Balaban J connectivity index is 1.84. The van der Waals surface area contributed by atoms with Crippen LogP contribution in [0.15, 0.2) is 40.3 Å². The van der Waals surface area contributed by atoms with Gasteiger partial charge in [-0.3, -0.25) is 14.4 Å². The summed E-state index contributed by atoms with van der Waals surface area (Å²) in [6.07, 6.45) is 2.24. The minimum absolute atomic E-state index is 0.0570. The first-order valence-electron chi connectivity index (χ1n) is 9.16. The highest BCUT2D eigenvalue weighted by Gasteiger charge is 2.14. The van der Waals surface area contributed by atoms with E-state index in [0.29, 0.717) is 29.5 Å². The van der Waals surface area contributed by atoms with Gasteiger partial charge in [-0.15, -0.1) is 0 Å². The Bertz CT molecular complexity index is 867. The van der Waals surface area contributed by atoms with Gasteiger partial charge in [0.2, 0.25) is 11.8 Å². The van der Waals surface area contributed by atoms with Crippen molar-refractivity contribution in [1.82, 2.24) is 20.2 Å². The number of aromatic amines is 1. The van der Waals surface area contributed by atoms with E-state index >= 15 is 0 Å². The molecule has 1 heterocycles. The summed E-state index contributed by atoms with van der Waals surface area (Å²) in [7, 11) is 0. The number of H-pyrrole nitrogens is 1. The Morgan fingerprint density at radius 2 is 1.96 bits per heavy atom. The number of carbonyl (C=O) groups is 2. The highest BCUT2D eigenvalue weighted by molar-refractivity contribution is 7.98. The third-order valence-electron chi connectivity index (χ3n) is 4.38. The van der Waals surface area contributed by atoms with E-state index in [9.17, 15) is 14.4 Å². The lowest BCUT2D eigenvalue weighted by Crippen LogP contribution is -2.39. The average molecular weight is 403 g/mol. The fourth-order valence-corrected chi connectivity index (χ4v) is 3.19. The monoisotopic (exact) mass is 402 g/mol. The van der Waals surface area contributed by atoms with Gasteiger partial charge in [0, 0.05) is 30.8 Å². The van der Waals surface area contributed by atoms with Crippen molar-refractivity contribution in [2.24, 2.45) is 0 Å². The third kappa shape index (κ3) is 6.23. The molecule has 1 aromatic carbocycles. The SMILES string of the molecule is CCN(Cc1ccccc1)C(=O)CNC(=O)CCc1c(C)nc(SC)[nH]c1=O. The van der Waals surface area contributed by atoms with E-state index < -0.39 is 0 Å². The normalized spacial score (nSPS) is 10.5. The van der Waals surface area contributed by atoms with Crippen molar-refractivity contribution in [2.75, 3.05) is 19.3 Å². The zero-order valence-corrected chi connectivity index (χ0v) is 17.3. The van der Waals surface area contributed by atoms with Crippen LogP contribution in [0, 0.1) is 6.92 Å². The zero-order chi connectivity index (χ0) is 20.5. The van der Waals surface area contributed by atoms with Gasteiger partial charge >= 0.3 is 0 Å². The molecule has 0 unspecified atom stereocenters. The molecular weight excluding hydrogens is 376 g/mol. The standard InChI is InChI=1S/C20H26N4O3S/c1-4-24(13-15-8-6-5-7-9-15)18(26)12-21-17(25)11-10-16-14(2)22-20(28-3)23-19(16)27/h5-9H,4,10-13H2,1-3H3,(H,21,25)(H,22,23,27). The Hall–Kier alpha value is -2.61. The number of carbonyl (C=O) groups excluding carboxylic acids is 2. The van der Waals surface area contributed by atoms with Crippen molar-refractivity contribution in [2.45, 2.75) is 38.4 Å².